The molecule has 27 heavy (non-hydrogen) atoms. The molecule has 1 aliphatic heterocycles. The lowest BCUT2D eigenvalue weighted by Gasteiger charge is -2.32. The molecule has 0 spiro atoms. The fourth-order valence-corrected chi connectivity index (χ4v) is 4.08. The van der Waals surface area contributed by atoms with Gasteiger partial charge in [0.25, 0.3) is 5.56 Å². The second-order valence-corrected chi connectivity index (χ2v) is 7.45. The van der Waals surface area contributed by atoms with Crippen LogP contribution in [0.5, 0.6) is 5.75 Å². The average molecular weight is 362 g/mol. The van der Waals surface area contributed by atoms with E-state index in [1.165, 1.54) is 5.56 Å². The highest BCUT2D eigenvalue weighted by molar-refractivity contribution is 5.78. The van der Waals surface area contributed by atoms with Gasteiger partial charge in [0, 0.05) is 17.6 Å². The zero-order chi connectivity index (χ0) is 18.6. The molecule has 2 heterocycles. The number of benzene rings is 2. The number of rotatable bonds is 5. The quantitative estimate of drug-likeness (QED) is 0.746. The van der Waals surface area contributed by atoms with E-state index in [9.17, 15) is 4.79 Å². The summed E-state index contributed by atoms with van der Waals surface area (Å²) in [7, 11) is 1.74. The predicted molar refractivity (Wildman–Crippen MR) is 109 cm³/mol. The number of para-hydroxylation sites is 2. The minimum Gasteiger partial charge on any atom is -0.496 e. The van der Waals surface area contributed by atoms with E-state index in [4.69, 9.17) is 4.74 Å². The Morgan fingerprint density at radius 2 is 1.78 bits per heavy atom. The van der Waals surface area contributed by atoms with Crippen molar-refractivity contribution in [3.8, 4) is 5.75 Å². The highest BCUT2D eigenvalue weighted by Crippen LogP contribution is 2.27. The third-order valence-electron chi connectivity index (χ3n) is 5.63. The fraction of sp³-hybridized carbons (Fsp3) is 0.348. The van der Waals surface area contributed by atoms with Crippen LogP contribution in [0.2, 0.25) is 0 Å². The van der Waals surface area contributed by atoms with Crippen molar-refractivity contribution in [3.63, 3.8) is 0 Å². The van der Waals surface area contributed by atoms with E-state index < -0.39 is 0 Å². The van der Waals surface area contributed by atoms with Crippen LogP contribution in [0, 0.1) is 5.92 Å². The summed E-state index contributed by atoms with van der Waals surface area (Å²) >= 11 is 0. The number of fused-ring (bicyclic) bond motifs is 1. The molecule has 1 aliphatic rings. The molecule has 0 aliphatic carbocycles. The lowest BCUT2D eigenvalue weighted by Crippen LogP contribution is -2.35. The molecule has 3 aromatic rings. The van der Waals surface area contributed by atoms with E-state index in [2.05, 4.69) is 22.0 Å². The summed E-state index contributed by atoms with van der Waals surface area (Å²) in [6, 6.07) is 18.3. The molecule has 0 unspecified atom stereocenters. The number of likely N-dealkylation sites (tertiary alicyclic amines) is 1. The van der Waals surface area contributed by atoms with Gasteiger partial charge in [-0.3, -0.25) is 9.69 Å². The Kier molecular flexibility index (Phi) is 5.26. The van der Waals surface area contributed by atoms with E-state index in [0.717, 1.165) is 61.1 Å². The number of hydrogen-bond donors (Lipinski definition) is 1. The molecule has 0 atom stereocenters. The van der Waals surface area contributed by atoms with Gasteiger partial charge in [0.05, 0.1) is 7.11 Å². The first kappa shape index (κ1) is 17.8. The summed E-state index contributed by atoms with van der Waals surface area (Å²) in [5, 5.41) is 1.10. The summed E-state index contributed by atoms with van der Waals surface area (Å²) in [5.41, 5.74) is 3.09. The number of methoxy groups -OCH3 is 1. The number of H-pyrrole nitrogens is 1. The molecule has 4 rings (SSSR count). The third kappa shape index (κ3) is 4.06. The SMILES string of the molecule is COc1ccccc1CC1CCN(Cc2cc3ccccc3[nH]c2=O)CC1. The Morgan fingerprint density at radius 3 is 2.59 bits per heavy atom. The normalized spacial score (nSPS) is 15.9. The van der Waals surface area contributed by atoms with Gasteiger partial charge < -0.3 is 9.72 Å². The Bertz CT molecular complexity index is 971. The molecule has 0 amide bonds. The molecule has 1 N–H and O–H groups in total. The second kappa shape index (κ2) is 7.97. The molecule has 4 nitrogen and oxygen atoms in total. The Balaban J connectivity index is 1.38. The smallest absolute Gasteiger partial charge is 0.252 e. The van der Waals surface area contributed by atoms with Crippen molar-refractivity contribution in [2.45, 2.75) is 25.8 Å². The number of aromatic nitrogens is 1. The van der Waals surface area contributed by atoms with Crippen molar-refractivity contribution in [1.29, 1.82) is 0 Å². The number of nitrogens with one attached hydrogen (secondary N) is 1. The van der Waals surface area contributed by atoms with Crippen molar-refractivity contribution in [3.05, 3.63) is 76.1 Å². The van der Waals surface area contributed by atoms with Crippen molar-refractivity contribution in [2.75, 3.05) is 20.2 Å². The Hall–Kier alpha value is -2.59. The zero-order valence-corrected chi connectivity index (χ0v) is 15.8. The van der Waals surface area contributed by atoms with Gasteiger partial charge in [-0.2, -0.15) is 0 Å². The minimum atomic E-state index is 0.0323. The van der Waals surface area contributed by atoms with Gasteiger partial charge in [-0.15, -0.1) is 0 Å². The zero-order valence-electron chi connectivity index (χ0n) is 15.8. The fourth-order valence-electron chi connectivity index (χ4n) is 4.08. The minimum absolute atomic E-state index is 0.0323. The number of piperidine rings is 1. The lowest BCUT2D eigenvalue weighted by atomic mass is 9.89. The number of pyridine rings is 1. The summed E-state index contributed by atoms with van der Waals surface area (Å²) in [6.45, 7) is 2.79. The summed E-state index contributed by atoms with van der Waals surface area (Å²) < 4.78 is 5.49. The van der Waals surface area contributed by atoms with Crippen molar-refractivity contribution >= 4 is 10.9 Å². The maximum absolute atomic E-state index is 12.4. The molecule has 1 fully saturated rings. The van der Waals surface area contributed by atoms with E-state index >= 15 is 0 Å². The standard InChI is InChI=1S/C23H26N2O2/c1-27-22-9-5-3-7-19(22)14-17-10-12-25(13-11-17)16-20-15-18-6-2-4-8-21(18)24-23(20)26/h2-9,15,17H,10-14,16H2,1H3,(H,24,26). The van der Waals surface area contributed by atoms with Gasteiger partial charge in [-0.25, -0.2) is 0 Å². The number of ether oxygens (including phenoxy) is 1. The van der Waals surface area contributed by atoms with Gasteiger partial charge in [0.1, 0.15) is 5.75 Å². The van der Waals surface area contributed by atoms with Crippen LogP contribution in [0.3, 0.4) is 0 Å². The monoisotopic (exact) mass is 362 g/mol. The van der Waals surface area contributed by atoms with Crippen molar-refractivity contribution in [1.82, 2.24) is 9.88 Å². The van der Waals surface area contributed by atoms with E-state index in [1.807, 2.05) is 42.5 Å². The summed E-state index contributed by atoms with van der Waals surface area (Å²) in [6.07, 6.45) is 3.38. The molecular formula is C23H26N2O2. The maximum atomic E-state index is 12.4. The second-order valence-electron chi connectivity index (χ2n) is 7.45. The largest absolute Gasteiger partial charge is 0.496 e. The van der Waals surface area contributed by atoms with Crippen LogP contribution in [0.1, 0.15) is 24.0 Å². The first-order valence-electron chi connectivity index (χ1n) is 9.68. The number of nitrogens with zero attached hydrogens (tertiary/aromatic N) is 1. The number of hydrogen-bond acceptors (Lipinski definition) is 3. The van der Waals surface area contributed by atoms with Gasteiger partial charge in [-0.1, -0.05) is 36.4 Å². The number of aromatic amines is 1. The third-order valence-corrected chi connectivity index (χ3v) is 5.63. The van der Waals surface area contributed by atoms with Crippen molar-refractivity contribution < 1.29 is 4.74 Å². The van der Waals surface area contributed by atoms with Crippen LogP contribution >= 0.6 is 0 Å². The summed E-state index contributed by atoms with van der Waals surface area (Å²) in [5.74, 6) is 1.66. The topological polar surface area (TPSA) is 45.3 Å². The Labute approximate surface area is 159 Å². The van der Waals surface area contributed by atoms with E-state index in [1.54, 1.807) is 7.11 Å². The van der Waals surface area contributed by atoms with E-state index in [0.29, 0.717) is 5.92 Å². The van der Waals surface area contributed by atoms with Crippen molar-refractivity contribution in [2.24, 2.45) is 5.92 Å². The average Bonchev–Trinajstić information content (AvgIpc) is 2.70. The maximum Gasteiger partial charge on any atom is 0.252 e. The Morgan fingerprint density at radius 1 is 1.04 bits per heavy atom. The molecule has 4 heteroatoms. The molecular weight excluding hydrogens is 336 g/mol. The molecule has 0 saturated carbocycles. The first-order chi connectivity index (χ1) is 13.2. The highest BCUT2D eigenvalue weighted by atomic mass is 16.5. The molecule has 2 aromatic carbocycles. The van der Waals surface area contributed by atoms with Crippen LogP contribution < -0.4 is 10.3 Å². The summed E-state index contributed by atoms with van der Waals surface area (Å²) in [4.78, 5) is 17.8. The first-order valence-corrected chi connectivity index (χ1v) is 9.68. The van der Waals surface area contributed by atoms with Crippen LogP contribution in [-0.4, -0.2) is 30.1 Å². The molecule has 1 saturated heterocycles. The highest BCUT2D eigenvalue weighted by Gasteiger charge is 2.21. The van der Waals surface area contributed by atoms with Gasteiger partial charge in [0.2, 0.25) is 0 Å². The van der Waals surface area contributed by atoms with Gasteiger partial charge in [-0.05, 0) is 67.4 Å². The van der Waals surface area contributed by atoms with Gasteiger partial charge in [0.15, 0.2) is 0 Å². The molecule has 0 bridgehead atoms. The van der Waals surface area contributed by atoms with Crippen LogP contribution in [0.25, 0.3) is 10.9 Å². The van der Waals surface area contributed by atoms with Crippen LogP contribution in [0.15, 0.2) is 59.4 Å². The van der Waals surface area contributed by atoms with Crippen LogP contribution in [-0.2, 0) is 13.0 Å². The lowest BCUT2D eigenvalue weighted by molar-refractivity contribution is 0.176. The van der Waals surface area contributed by atoms with Crippen LogP contribution in [0.4, 0.5) is 0 Å². The van der Waals surface area contributed by atoms with E-state index in [-0.39, 0.29) is 5.56 Å². The molecule has 0 radical (unpaired) electrons. The molecule has 140 valence electrons. The predicted octanol–water partition coefficient (Wildman–Crippen LogP) is 3.99. The van der Waals surface area contributed by atoms with Gasteiger partial charge >= 0.3 is 0 Å². The molecule has 1 aromatic heterocycles.